The Kier molecular flexibility index (Phi) is 10.2. The zero-order valence-corrected chi connectivity index (χ0v) is 31.9. The van der Waals surface area contributed by atoms with Crippen LogP contribution in [0.5, 0.6) is 11.5 Å². The number of carbonyl (C=O) groups is 2. The van der Waals surface area contributed by atoms with Crippen LogP contribution in [-0.2, 0) is 22.6 Å². The van der Waals surface area contributed by atoms with Gasteiger partial charge >= 0.3 is 11.7 Å². The minimum Gasteiger partial charge on any atom is -0.497 e. The van der Waals surface area contributed by atoms with Crippen molar-refractivity contribution in [3.63, 3.8) is 0 Å². The SMILES string of the molecule is CCCCn1c(=O)n(C2CCC3(CC2)CC2(C3)NC(=O)N(COCC[Si](C)(C)C)C2=O)c(=O)c2c(NCc3ccc(OC)cc3OC)snc21. The smallest absolute Gasteiger partial charge is 0.332 e. The van der Waals surface area contributed by atoms with E-state index >= 15 is 0 Å². The molecule has 0 radical (unpaired) electrons. The third-order valence-corrected chi connectivity index (χ3v) is 13.2. The van der Waals surface area contributed by atoms with Crippen LogP contribution in [0.3, 0.4) is 0 Å². The summed E-state index contributed by atoms with van der Waals surface area (Å²) in [6, 6.07) is 5.89. The molecular weight excluding hydrogens is 677 g/mol. The van der Waals surface area contributed by atoms with Crippen LogP contribution in [0.2, 0.25) is 25.7 Å². The van der Waals surface area contributed by atoms with E-state index in [0.717, 1.165) is 37.3 Å². The summed E-state index contributed by atoms with van der Waals surface area (Å²) in [6.07, 6.45) is 5.61. The van der Waals surface area contributed by atoms with Crippen LogP contribution in [0.25, 0.3) is 11.0 Å². The maximum atomic E-state index is 14.2. The van der Waals surface area contributed by atoms with Crippen molar-refractivity contribution in [1.82, 2.24) is 23.7 Å². The van der Waals surface area contributed by atoms with Crippen LogP contribution in [0, 0.1) is 5.41 Å². The summed E-state index contributed by atoms with van der Waals surface area (Å²) in [5.41, 5.74) is -0.346. The number of fused-ring (bicyclic) bond motifs is 1. The number of nitrogens with one attached hydrogen (secondary N) is 2. The van der Waals surface area contributed by atoms with E-state index in [0.29, 0.717) is 72.9 Å². The standard InChI is InChI=1S/C35H50N6O7SSi/c1-7-8-15-39-28-27(29(49-38-28)36-19-23-9-10-25(46-2)18-26(23)47-3)30(42)41(33(39)45)24-11-13-34(14-12-24)20-35(21-34)31(43)40(32(44)37-35)22-48-16-17-50(4,5)6/h9-10,18,24,36H,7-8,11-17,19-22H2,1-6H3,(H,37,44). The van der Waals surface area contributed by atoms with E-state index in [1.807, 2.05) is 18.2 Å². The summed E-state index contributed by atoms with van der Waals surface area (Å²) >= 11 is 1.18. The van der Waals surface area contributed by atoms with Crippen LogP contribution in [0.1, 0.15) is 69.9 Å². The molecule has 1 aliphatic heterocycles. The molecule has 15 heteroatoms. The number of imide groups is 1. The second kappa shape index (κ2) is 14.1. The van der Waals surface area contributed by atoms with Crippen LogP contribution >= 0.6 is 11.5 Å². The Labute approximate surface area is 297 Å². The summed E-state index contributed by atoms with van der Waals surface area (Å²) < 4.78 is 24.3. The molecule has 1 saturated heterocycles. The van der Waals surface area contributed by atoms with Gasteiger partial charge in [-0.1, -0.05) is 33.0 Å². The first-order valence-corrected chi connectivity index (χ1v) is 22.1. The highest BCUT2D eigenvalue weighted by molar-refractivity contribution is 7.11. The third-order valence-electron chi connectivity index (χ3n) is 10.7. The van der Waals surface area contributed by atoms with Crippen molar-refractivity contribution in [2.75, 3.05) is 32.9 Å². The van der Waals surface area contributed by atoms with Gasteiger partial charge in [0.15, 0.2) is 5.65 Å². The topological polar surface area (TPSA) is 146 Å². The summed E-state index contributed by atoms with van der Waals surface area (Å²) in [5, 5.41) is 7.40. The highest BCUT2D eigenvalue weighted by Crippen LogP contribution is 2.59. The number of aromatic nitrogens is 3. The zero-order valence-electron chi connectivity index (χ0n) is 30.1. The molecule has 6 rings (SSSR count). The van der Waals surface area contributed by atoms with Crippen molar-refractivity contribution in [2.24, 2.45) is 5.41 Å². The second-order valence-corrected chi connectivity index (χ2v) is 21.8. The van der Waals surface area contributed by atoms with Crippen molar-refractivity contribution < 1.29 is 23.8 Å². The highest BCUT2D eigenvalue weighted by atomic mass is 32.1. The number of rotatable bonds is 14. The van der Waals surface area contributed by atoms with Crippen molar-refractivity contribution in [3.05, 3.63) is 44.6 Å². The fourth-order valence-corrected chi connectivity index (χ4v) is 9.37. The largest absolute Gasteiger partial charge is 0.497 e. The number of aryl methyl sites for hydroxylation is 1. The average Bonchev–Trinajstić information content (AvgIpc) is 3.60. The Morgan fingerprint density at radius 3 is 2.48 bits per heavy atom. The molecule has 2 N–H and O–H groups in total. The molecule has 1 aromatic carbocycles. The maximum absolute atomic E-state index is 14.2. The Morgan fingerprint density at radius 2 is 1.82 bits per heavy atom. The van der Waals surface area contributed by atoms with Gasteiger partial charge < -0.3 is 24.8 Å². The molecule has 0 atom stereocenters. The molecule has 3 fully saturated rings. The highest BCUT2D eigenvalue weighted by Gasteiger charge is 2.64. The Bertz CT molecular complexity index is 1870. The Hall–Kier alpha value is -3.69. The number of methoxy groups -OCH3 is 2. The lowest BCUT2D eigenvalue weighted by atomic mass is 9.51. The van der Waals surface area contributed by atoms with Crippen molar-refractivity contribution in [2.45, 2.75) is 109 Å². The number of hydrogen-bond donors (Lipinski definition) is 2. The van der Waals surface area contributed by atoms with Crippen LogP contribution < -0.4 is 31.4 Å². The van der Waals surface area contributed by atoms with E-state index in [2.05, 4.69) is 41.6 Å². The van der Waals surface area contributed by atoms with Gasteiger partial charge in [-0.25, -0.2) is 14.5 Å². The number of anilines is 1. The molecule has 3 heterocycles. The van der Waals surface area contributed by atoms with Gasteiger partial charge in [0.05, 0.1) is 14.2 Å². The number of urea groups is 1. The molecule has 3 aromatic rings. The van der Waals surface area contributed by atoms with E-state index in [1.165, 1.54) is 21.0 Å². The van der Waals surface area contributed by atoms with Gasteiger partial charge in [-0.2, -0.15) is 4.37 Å². The first kappa shape index (κ1) is 36.1. The monoisotopic (exact) mass is 726 g/mol. The predicted molar refractivity (Wildman–Crippen MR) is 196 cm³/mol. The van der Waals surface area contributed by atoms with Gasteiger partial charge in [-0.3, -0.25) is 18.7 Å². The number of ether oxygens (including phenoxy) is 3. The number of amides is 3. The van der Waals surface area contributed by atoms with Gasteiger partial charge in [-0.15, -0.1) is 0 Å². The molecule has 2 spiro atoms. The van der Waals surface area contributed by atoms with Gasteiger partial charge in [0.2, 0.25) is 0 Å². The third kappa shape index (κ3) is 6.83. The molecule has 3 amide bonds. The van der Waals surface area contributed by atoms with Gasteiger partial charge in [0.1, 0.15) is 34.2 Å². The lowest BCUT2D eigenvalue weighted by molar-refractivity contribution is -0.145. The lowest BCUT2D eigenvalue weighted by Crippen LogP contribution is -2.63. The Balaban J connectivity index is 1.18. The van der Waals surface area contributed by atoms with Gasteiger partial charge in [0.25, 0.3) is 11.5 Å². The molecule has 0 unspecified atom stereocenters. The number of unbranched alkanes of at least 4 members (excludes halogenated alkanes) is 1. The second-order valence-electron chi connectivity index (χ2n) is 15.4. The Morgan fingerprint density at radius 1 is 1.08 bits per heavy atom. The molecule has 2 aliphatic carbocycles. The average molecular weight is 727 g/mol. The van der Waals surface area contributed by atoms with E-state index in [-0.39, 0.29) is 35.3 Å². The van der Waals surface area contributed by atoms with Crippen LogP contribution in [0.4, 0.5) is 9.80 Å². The molecular formula is C35H50N6O7SSi. The number of hydrogen-bond acceptors (Lipinski definition) is 10. The minimum atomic E-state index is -1.29. The first-order chi connectivity index (χ1) is 23.8. The van der Waals surface area contributed by atoms with Gasteiger partial charge in [0, 0.05) is 45.4 Å². The van der Waals surface area contributed by atoms with E-state index in [9.17, 15) is 19.2 Å². The molecule has 2 saturated carbocycles. The van der Waals surface area contributed by atoms with Gasteiger partial charge in [-0.05, 0) is 80.1 Å². The zero-order chi connectivity index (χ0) is 35.8. The molecule has 0 bridgehead atoms. The molecule has 2 aromatic heterocycles. The van der Waals surface area contributed by atoms with E-state index in [4.69, 9.17) is 14.2 Å². The van der Waals surface area contributed by atoms with E-state index in [1.54, 1.807) is 18.8 Å². The quantitative estimate of drug-likeness (QED) is 0.124. The fraction of sp³-hybridized carbons (Fsp3) is 0.629. The normalized spacial score (nSPS) is 23.5. The molecule has 50 heavy (non-hydrogen) atoms. The number of nitrogens with zero attached hydrogens (tertiary/aromatic N) is 4. The van der Waals surface area contributed by atoms with E-state index < -0.39 is 19.6 Å². The number of carbonyl (C=O) groups excluding carboxylic acids is 2. The maximum Gasteiger partial charge on any atom is 0.332 e. The predicted octanol–water partition coefficient (Wildman–Crippen LogP) is 5.55. The molecule has 3 aliphatic rings. The molecule has 13 nitrogen and oxygen atoms in total. The summed E-state index contributed by atoms with van der Waals surface area (Å²) in [4.78, 5) is 55.7. The molecule has 272 valence electrons. The minimum absolute atomic E-state index is 0.0242. The van der Waals surface area contributed by atoms with Crippen molar-refractivity contribution >= 4 is 47.6 Å². The summed E-state index contributed by atoms with van der Waals surface area (Å²) in [6.45, 7) is 10.2. The number of benzene rings is 1. The summed E-state index contributed by atoms with van der Waals surface area (Å²) in [5.74, 6) is 1.14. The fourth-order valence-electron chi connectivity index (χ4n) is 7.84. The summed E-state index contributed by atoms with van der Waals surface area (Å²) in [7, 11) is 1.92. The van der Waals surface area contributed by atoms with Crippen molar-refractivity contribution in [3.8, 4) is 11.5 Å². The first-order valence-electron chi connectivity index (χ1n) is 17.7. The van der Waals surface area contributed by atoms with Crippen LogP contribution in [-0.4, -0.2) is 71.5 Å². The lowest BCUT2D eigenvalue weighted by Gasteiger charge is -2.55. The van der Waals surface area contributed by atoms with Crippen LogP contribution in [0.15, 0.2) is 27.8 Å². The van der Waals surface area contributed by atoms with Crippen molar-refractivity contribution in [1.29, 1.82) is 0 Å².